The predicted molar refractivity (Wildman–Crippen MR) is 149 cm³/mol. The van der Waals surface area contributed by atoms with E-state index in [2.05, 4.69) is 140 Å². The molecule has 7 heteroatoms. The van der Waals surface area contributed by atoms with Gasteiger partial charge in [-0.15, -0.1) is 0 Å². The van der Waals surface area contributed by atoms with Gasteiger partial charge in [0.25, 0.3) is 0 Å². The van der Waals surface area contributed by atoms with Crippen LogP contribution in [-0.4, -0.2) is 20.1 Å². The van der Waals surface area contributed by atoms with Crippen molar-refractivity contribution in [2.45, 2.75) is 19.8 Å². The first-order valence-electron chi connectivity index (χ1n) is 11.9. The number of pyridine rings is 1. The minimum absolute atomic E-state index is 0.174. The zero-order chi connectivity index (χ0) is 23.5. The van der Waals surface area contributed by atoms with Gasteiger partial charge in [0.2, 0.25) is 0 Å². The second-order valence-corrected chi connectivity index (χ2v) is 14.1. The first kappa shape index (κ1) is 20.9. The fourth-order valence-electron chi connectivity index (χ4n) is 5.15. The van der Waals surface area contributed by atoms with Crippen LogP contribution in [0.4, 0.5) is 5.82 Å². The van der Waals surface area contributed by atoms with Gasteiger partial charge in [-0.2, -0.15) is 0 Å². The summed E-state index contributed by atoms with van der Waals surface area (Å²) in [5.74, 6) is 3.76. The van der Waals surface area contributed by atoms with Gasteiger partial charge in [0.05, 0.1) is 0 Å². The maximum atomic E-state index is 4.96. The molecular formula is C28H25BIN5+2. The second kappa shape index (κ2) is 8.05. The van der Waals surface area contributed by atoms with Gasteiger partial charge in [-0.25, -0.2) is 0 Å². The Labute approximate surface area is 213 Å². The van der Waals surface area contributed by atoms with E-state index in [1.165, 1.54) is 26.2 Å². The quantitative estimate of drug-likeness (QED) is 0.245. The number of aromatic nitrogens is 3. The van der Waals surface area contributed by atoms with Gasteiger partial charge in [0, 0.05) is 0 Å². The second-order valence-electron chi connectivity index (χ2n) is 9.14. The average Bonchev–Trinajstić information content (AvgIpc) is 3.46. The van der Waals surface area contributed by atoms with Crippen molar-refractivity contribution in [3.63, 3.8) is 0 Å². The van der Waals surface area contributed by atoms with Gasteiger partial charge in [0.15, 0.2) is 0 Å². The Morgan fingerprint density at radius 2 is 1.74 bits per heavy atom. The van der Waals surface area contributed by atoms with E-state index >= 15 is 0 Å². The molecule has 4 aromatic rings. The number of aliphatic imine (C=N–C) groups is 1. The van der Waals surface area contributed by atoms with Gasteiger partial charge < -0.3 is 0 Å². The molecule has 0 unspecified atom stereocenters. The summed E-state index contributed by atoms with van der Waals surface area (Å²) < 4.78 is 8.87. The van der Waals surface area contributed by atoms with E-state index < -0.39 is 19.9 Å². The van der Waals surface area contributed by atoms with Crippen LogP contribution in [-0.2, 0) is 0 Å². The van der Waals surface area contributed by atoms with Gasteiger partial charge in [0.1, 0.15) is 0 Å². The Morgan fingerprint density at radius 1 is 0.914 bits per heavy atom. The van der Waals surface area contributed by atoms with E-state index in [4.69, 9.17) is 4.99 Å². The Morgan fingerprint density at radius 3 is 2.66 bits per heavy atom. The third-order valence-corrected chi connectivity index (χ3v) is 13.0. The maximum absolute atomic E-state index is 4.96. The molecule has 3 aliphatic rings. The number of para-hydroxylation sites is 1. The van der Waals surface area contributed by atoms with Crippen molar-refractivity contribution < 1.29 is 7.26 Å². The number of benzene rings is 2. The van der Waals surface area contributed by atoms with Crippen molar-refractivity contribution >= 4 is 36.4 Å². The Balaban J connectivity index is 1.47. The van der Waals surface area contributed by atoms with Gasteiger partial charge in [-0.3, -0.25) is 0 Å². The number of allylic oxidation sites excluding steroid dienone is 2. The molecule has 5 nitrogen and oxygen atoms in total. The van der Waals surface area contributed by atoms with Crippen LogP contribution in [0.1, 0.15) is 25.3 Å². The van der Waals surface area contributed by atoms with Crippen LogP contribution >= 0.6 is 19.9 Å². The van der Waals surface area contributed by atoms with Crippen LogP contribution in [0.15, 0.2) is 115 Å². The van der Waals surface area contributed by atoms with Gasteiger partial charge >= 0.3 is 214 Å². The summed E-state index contributed by atoms with van der Waals surface area (Å²) in [6, 6.07) is 24.1. The van der Waals surface area contributed by atoms with Crippen molar-refractivity contribution in [2.24, 2.45) is 4.99 Å². The number of amidine groups is 1. The molecule has 2 aromatic heterocycles. The number of imidazole rings is 1. The summed E-state index contributed by atoms with van der Waals surface area (Å²) in [5.41, 5.74) is 3.98. The molecule has 0 atom stereocenters. The van der Waals surface area contributed by atoms with Crippen molar-refractivity contribution in [2.75, 3.05) is 0 Å². The zero-order valence-corrected chi connectivity index (χ0v) is 21.8. The Bertz CT molecular complexity index is 1570. The summed E-state index contributed by atoms with van der Waals surface area (Å²) in [6.07, 6.45) is 15.3. The van der Waals surface area contributed by atoms with E-state index in [9.17, 15) is 0 Å². The van der Waals surface area contributed by atoms with E-state index in [0.717, 1.165) is 11.7 Å². The summed E-state index contributed by atoms with van der Waals surface area (Å²) >= 11 is -2.06. The molecule has 170 valence electrons. The number of hydrogen-bond donors (Lipinski definition) is 0. The standard InChI is InChI=1S/C28H25BIN5/c1-21(2)22-11-4-6-14-25(22)32-19-20-35-28(32)23-12-3-5-13-24(23)30(35)29-33-17-9-7-15-26(33)31-27-16-8-10-18-34(27)29/h3-21H,1-2H3/q+2. The minimum atomic E-state index is -2.06. The zero-order valence-electron chi connectivity index (χ0n) is 19.7. The Hall–Kier alpha value is -3.46. The number of halogens is 1. The monoisotopic (exact) mass is 569 g/mol. The van der Waals surface area contributed by atoms with E-state index in [1.807, 2.05) is 0 Å². The third-order valence-electron chi connectivity index (χ3n) is 6.72. The van der Waals surface area contributed by atoms with E-state index in [-0.39, 0.29) is 4.84 Å². The molecule has 0 amide bonds. The molecule has 0 spiro atoms. The number of rotatable bonds is 3. The molecule has 7 rings (SSSR count). The number of fused-ring (bicyclic) bond motifs is 5. The van der Waals surface area contributed by atoms with Crippen LogP contribution in [0.5, 0.6) is 0 Å². The molecule has 0 saturated carbocycles. The first-order chi connectivity index (χ1) is 17.2. The summed E-state index contributed by atoms with van der Waals surface area (Å²) in [7, 11) is 0. The molecule has 5 heterocycles. The molecular weight excluding hydrogens is 544 g/mol. The number of hydrogen-bond acceptors (Lipinski definition) is 2. The number of nitrogens with zero attached hydrogens (tertiary/aromatic N) is 5. The molecule has 3 aliphatic heterocycles. The third kappa shape index (κ3) is 3.10. The van der Waals surface area contributed by atoms with Crippen LogP contribution in [0.3, 0.4) is 0 Å². The molecule has 0 aliphatic carbocycles. The predicted octanol–water partition coefficient (Wildman–Crippen LogP) is 5.26. The molecule has 0 radical (unpaired) electrons. The SMILES string of the molecule is CC(C)c1ccccc1-n1cc[n+]2c1-c1ccccc1I2B1N2C=CC=CC2=Nc2cccc[n+]21. The van der Waals surface area contributed by atoms with Crippen molar-refractivity contribution in [3.8, 4) is 17.1 Å². The molecule has 0 saturated heterocycles. The van der Waals surface area contributed by atoms with Crippen LogP contribution in [0, 0.1) is 3.57 Å². The Kier molecular flexibility index (Phi) is 4.80. The van der Waals surface area contributed by atoms with E-state index in [1.54, 1.807) is 0 Å². The van der Waals surface area contributed by atoms with Crippen molar-refractivity contribution in [1.82, 2.24) is 9.38 Å². The fourth-order valence-corrected chi connectivity index (χ4v) is 12.0. The molecule has 35 heavy (non-hydrogen) atoms. The van der Waals surface area contributed by atoms with Gasteiger partial charge in [-0.1, -0.05) is 0 Å². The average molecular weight is 569 g/mol. The molecule has 0 fully saturated rings. The summed E-state index contributed by atoms with van der Waals surface area (Å²) in [6.45, 7) is 4.55. The first-order valence-corrected chi connectivity index (χ1v) is 15.2. The van der Waals surface area contributed by atoms with Crippen molar-refractivity contribution in [3.05, 3.63) is 119 Å². The van der Waals surface area contributed by atoms with Crippen molar-refractivity contribution in [1.29, 1.82) is 0 Å². The summed E-state index contributed by atoms with van der Waals surface area (Å²) in [4.78, 5) is 7.51. The van der Waals surface area contributed by atoms with E-state index in [0.29, 0.717) is 5.92 Å². The normalized spacial score (nSPS) is 16.2. The topological polar surface area (TPSA) is 28.3 Å². The van der Waals surface area contributed by atoms with Crippen LogP contribution in [0.25, 0.3) is 17.1 Å². The fraction of sp³-hybridized carbons (Fsp3) is 0.107. The molecule has 0 N–H and O–H groups in total. The molecule has 2 aromatic carbocycles. The summed E-state index contributed by atoms with van der Waals surface area (Å²) in [5, 5.41) is 0. The van der Waals surface area contributed by atoms with Crippen LogP contribution < -0.4 is 7.26 Å². The molecule has 0 bridgehead atoms. The van der Waals surface area contributed by atoms with Gasteiger partial charge in [-0.05, 0) is 0 Å². The van der Waals surface area contributed by atoms with Crippen LogP contribution in [0.2, 0.25) is 0 Å².